The molecule has 4 heteroatoms. The Morgan fingerprint density at radius 2 is 2.21 bits per heavy atom. The van der Waals surface area contributed by atoms with Crippen LogP contribution >= 0.6 is 11.3 Å². The van der Waals surface area contributed by atoms with Crippen LogP contribution in [-0.2, 0) is 6.54 Å². The maximum Gasteiger partial charge on any atom is 0.104 e. The van der Waals surface area contributed by atoms with Gasteiger partial charge in [-0.05, 0) is 51.5 Å². The van der Waals surface area contributed by atoms with E-state index in [2.05, 4.69) is 41.1 Å². The van der Waals surface area contributed by atoms with Crippen LogP contribution in [0.2, 0.25) is 0 Å². The molecule has 0 saturated carbocycles. The quantitative estimate of drug-likeness (QED) is 0.851. The summed E-state index contributed by atoms with van der Waals surface area (Å²) in [6.45, 7) is 3.27. The highest BCUT2D eigenvalue weighted by molar-refractivity contribution is 7.10. The smallest absolute Gasteiger partial charge is 0.104 e. The normalized spacial score (nSPS) is 17.5. The molecule has 0 aromatic carbocycles. The van der Waals surface area contributed by atoms with Crippen LogP contribution in [0.3, 0.4) is 0 Å². The van der Waals surface area contributed by atoms with Gasteiger partial charge in [-0.15, -0.1) is 11.3 Å². The fraction of sp³-hybridized carbons (Fsp3) is 0.600. The lowest BCUT2D eigenvalue weighted by molar-refractivity contribution is 0.140. The van der Waals surface area contributed by atoms with E-state index in [1.165, 1.54) is 30.8 Å². The topological polar surface area (TPSA) is 26.7 Å². The van der Waals surface area contributed by atoms with Crippen LogP contribution in [0.5, 0.6) is 0 Å². The second-order valence-corrected chi connectivity index (χ2v) is 6.17. The number of aliphatic hydroxyl groups excluding tert-OH is 1. The van der Waals surface area contributed by atoms with Crippen LogP contribution in [-0.4, -0.2) is 54.7 Å². The first-order chi connectivity index (χ1) is 9.20. The second kappa shape index (κ2) is 7.06. The van der Waals surface area contributed by atoms with Gasteiger partial charge in [0.1, 0.15) is 6.61 Å². The Kier molecular flexibility index (Phi) is 5.41. The number of hydrogen-bond acceptors (Lipinski definition) is 4. The van der Waals surface area contributed by atoms with Crippen molar-refractivity contribution >= 4 is 11.3 Å². The first-order valence-electron chi connectivity index (χ1n) is 6.75. The minimum Gasteiger partial charge on any atom is -0.384 e. The van der Waals surface area contributed by atoms with Gasteiger partial charge >= 0.3 is 0 Å². The van der Waals surface area contributed by atoms with Crippen molar-refractivity contribution in [1.29, 1.82) is 0 Å². The van der Waals surface area contributed by atoms with E-state index in [0.29, 0.717) is 6.04 Å². The van der Waals surface area contributed by atoms with Crippen LogP contribution in [0.15, 0.2) is 11.4 Å². The maximum atomic E-state index is 8.78. The van der Waals surface area contributed by atoms with Gasteiger partial charge in [0.05, 0.1) is 0 Å². The summed E-state index contributed by atoms with van der Waals surface area (Å²) in [5.74, 6) is 5.77. The molecule has 3 nitrogen and oxygen atoms in total. The van der Waals surface area contributed by atoms with Crippen LogP contribution in [0.4, 0.5) is 0 Å². The van der Waals surface area contributed by atoms with E-state index in [9.17, 15) is 0 Å². The zero-order valence-corrected chi connectivity index (χ0v) is 12.5. The Hall–Kier alpha value is -0.860. The third-order valence-corrected chi connectivity index (χ3v) is 4.66. The molecule has 0 amide bonds. The highest BCUT2D eigenvalue weighted by Gasteiger charge is 2.21. The van der Waals surface area contributed by atoms with Gasteiger partial charge in [-0.25, -0.2) is 0 Å². The van der Waals surface area contributed by atoms with Crippen molar-refractivity contribution in [2.45, 2.75) is 25.4 Å². The number of piperidine rings is 1. The lowest BCUT2D eigenvalue weighted by Crippen LogP contribution is -2.41. The number of nitrogens with zero attached hydrogens (tertiary/aromatic N) is 2. The summed E-state index contributed by atoms with van der Waals surface area (Å²) in [6, 6.07) is 2.72. The van der Waals surface area contributed by atoms with Crippen molar-refractivity contribution in [3.63, 3.8) is 0 Å². The summed E-state index contributed by atoms with van der Waals surface area (Å²) in [7, 11) is 4.40. The average Bonchev–Trinajstić information content (AvgIpc) is 2.84. The Morgan fingerprint density at radius 1 is 1.47 bits per heavy atom. The fourth-order valence-corrected chi connectivity index (χ4v) is 3.39. The monoisotopic (exact) mass is 278 g/mol. The molecular weight excluding hydrogens is 256 g/mol. The van der Waals surface area contributed by atoms with Gasteiger partial charge in [0, 0.05) is 23.0 Å². The molecule has 0 radical (unpaired) electrons. The molecule has 1 fully saturated rings. The Morgan fingerprint density at radius 3 is 2.89 bits per heavy atom. The molecule has 2 heterocycles. The highest BCUT2D eigenvalue weighted by Crippen LogP contribution is 2.21. The molecule has 1 aliphatic heterocycles. The molecule has 1 aromatic rings. The zero-order chi connectivity index (χ0) is 13.7. The summed E-state index contributed by atoms with van der Waals surface area (Å²) < 4.78 is 0. The lowest BCUT2D eigenvalue weighted by Gasteiger charge is -2.35. The van der Waals surface area contributed by atoms with Crippen molar-refractivity contribution < 1.29 is 5.11 Å². The number of thiophene rings is 1. The van der Waals surface area contributed by atoms with E-state index in [0.717, 1.165) is 12.1 Å². The van der Waals surface area contributed by atoms with E-state index in [1.807, 2.05) is 6.07 Å². The molecule has 0 spiro atoms. The molecule has 0 bridgehead atoms. The van der Waals surface area contributed by atoms with Gasteiger partial charge in [-0.3, -0.25) is 4.90 Å². The van der Waals surface area contributed by atoms with E-state index in [-0.39, 0.29) is 6.61 Å². The van der Waals surface area contributed by atoms with Crippen LogP contribution < -0.4 is 0 Å². The van der Waals surface area contributed by atoms with Crippen molar-refractivity contribution in [3.05, 3.63) is 21.9 Å². The van der Waals surface area contributed by atoms with Crippen molar-refractivity contribution in [1.82, 2.24) is 9.80 Å². The van der Waals surface area contributed by atoms with Gasteiger partial charge in [-0.1, -0.05) is 11.8 Å². The van der Waals surface area contributed by atoms with Crippen LogP contribution in [0, 0.1) is 11.8 Å². The molecule has 1 saturated heterocycles. The molecule has 1 aliphatic rings. The first-order valence-corrected chi connectivity index (χ1v) is 7.63. The molecule has 1 N–H and O–H groups in total. The second-order valence-electron chi connectivity index (χ2n) is 5.17. The van der Waals surface area contributed by atoms with E-state index >= 15 is 0 Å². The Labute approximate surface area is 119 Å². The molecule has 19 heavy (non-hydrogen) atoms. The summed E-state index contributed by atoms with van der Waals surface area (Å²) in [6.07, 6.45) is 2.49. The summed E-state index contributed by atoms with van der Waals surface area (Å²) in [4.78, 5) is 6.15. The number of hydrogen-bond donors (Lipinski definition) is 1. The zero-order valence-electron chi connectivity index (χ0n) is 11.7. The minimum absolute atomic E-state index is 0.0694. The van der Waals surface area contributed by atoms with E-state index in [4.69, 9.17) is 5.11 Å². The fourth-order valence-electron chi connectivity index (χ4n) is 2.50. The van der Waals surface area contributed by atoms with E-state index < -0.39 is 0 Å². The Balaban J connectivity index is 1.95. The summed E-state index contributed by atoms with van der Waals surface area (Å²) in [5, 5.41) is 10.9. The Bertz CT molecular complexity index is 452. The lowest BCUT2D eigenvalue weighted by atomic mass is 10.0. The standard InChI is InChI=1S/C15H22N2OS/c1-16-8-5-14(6-9-16)17(2)12-15-13(4-3-10-18)7-11-19-15/h7,11,14,18H,5-6,8-10,12H2,1-2H3. The van der Waals surface area contributed by atoms with Crippen LogP contribution in [0.25, 0.3) is 0 Å². The largest absolute Gasteiger partial charge is 0.384 e. The van der Waals surface area contributed by atoms with Gasteiger partial charge < -0.3 is 10.0 Å². The minimum atomic E-state index is -0.0694. The van der Waals surface area contributed by atoms with Crippen LogP contribution in [0.1, 0.15) is 23.3 Å². The SMILES string of the molecule is CN1CCC(N(C)Cc2sccc2C#CCO)CC1. The molecule has 0 unspecified atom stereocenters. The summed E-state index contributed by atoms with van der Waals surface area (Å²) >= 11 is 1.76. The number of rotatable bonds is 3. The van der Waals surface area contributed by atoms with E-state index in [1.54, 1.807) is 11.3 Å². The third-order valence-electron chi connectivity index (χ3n) is 3.75. The van der Waals surface area contributed by atoms with Gasteiger partial charge in [0.15, 0.2) is 0 Å². The molecule has 104 valence electrons. The molecule has 2 rings (SSSR count). The van der Waals surface area contributed by atoms with Crippen molar-refractivity contribution in [2.75, 3.05) is 33.8 Å². The molecular formula is C15H22N2OS. The molecule has 1 aromatic heterocycles. The molecule has 0 atom stereocenters. The maximum absolute atomic E-state index is 8.78. The molecule has 0 aliphatic carbocycles. The van der Waals surface area contributed by atoms with Gasteiger partial charge in [0.2, 0.25) is 0 Å². The third kappa shape index (κ3) is 4.05. The van der Waals surface area contributed by atoms with Crippen molar-refractivity contribution in [3.8, 4) is 11.8 Å². The van der Waals surface area contributed by atoms with Crippen molar-refractivity contribution in [2.24, 2.45) is 0 Å². The first kappa shape index (κ1) is 14.5. The number of aliphatic hydroxyl groups is 1. The number of likely N-dealkylation sites (tertiary alicyclic amines) is 1. The predicted molar refractivity (Wildman–Crippen MR) is 80.3 cm³/mol. The van der Waals surface area contributed by atoms with Gasteiger partial charge in [0.25, 0.3) is 0 Å². The average molecular weight is 278 g/mol. The van der Waals surface area contributed by atoms with Gasteiger partial charge in [-0.2, -0.15) is 0 Å². The highest BCUT2D eigenvalue weighted by atomic mass is 32.1. The summed E-state index contributed by atoms with van der Waals surface area (Å²) in [5.41, 5.74) is 1.07. The predicted octanol–water partition coefficient (Wildman–Crippen LogP) is 1.62.